The lowest BCUT2D eigenvalue weighted by atomic mass is 10.4. The minimum Gasteiger partial charge on any atom is -0.362 e. The van der Waals surface area contributed by atoms with Gasteiger partial charge in [0.2, 0.25) is 5.82 Å². The van der Waals surface area contributed by atoms with Gasteiger partial charge in [-0.1, -0.05) is 0 Å². The van der Waals surface area contributed by atoms with Gasteiger partial charge in [-0.3, -0.25) is 19.9 Å². The monoisotopic (exact) mass is 237 g/mol. The van der Waals surface area contributed by atoms with Crippen molar-refractivity contribution < 1.29 is 4.92 Å². The molecule has 2 aromatic rings. The third-order valence-corrected chi connectivity index (χ3v) is 2.13. The fourth-order valence-electron chi connectivity index (χ4n) is 1.39. The van der Waals surface area contributed by atoms with Crippen LogP contribution >= 0.6 is 0 Å². The number of rotatable bonds is 5. The van der Waals surface area contributed by atoms with Crippen molar-refractivity contribution in [1.29, 1.82) is 0 Å². The van der Waals surface area contributed by atoms with Gasteiger partial charge in [-0.2, -0.15) is 5.10 Å². The molecule has 0 amide bonds. The number of H-pyrrole nitrogens is 1. The molecule has 0 saturated carbocycles. The summed E-state index contributed by atoms with van der Waals surface area (Å²) in [7, 11) is 1.63. The van der Waals surface area contributed by atoms with Gasteiger partial charge in [0.05, 0.1) is 4.92 Å². The van der Waals surface area contributed by atoms with Crippen molar-refractivity contribution in [2.24, 2.45) is 7.05 Å². The average molecular weight is 237 g/mol. The minimum atomic E-state index is -0.468. The van der Waals surface area contributed by atoms with E-state index in [9.17, 15) is 10.1 Å². The zero-order valence-electron chi connectivity index (χ0n) is 9.12. The second-order valence-corrected chi connectivity index (χ2v) is 3.40. The fourth-order valence-corrected chi connectivity index (χ4v) is 1.39. The van der Waals surface area contributed by atoms with Gasteiger partial charge in [0.25, 0.3) is 0 Å². The molecule has 0 saturated heterocycles. The van der Waals surface area contributed by atoms with E-state index in [4.69, 9.17) is 0 Å². The summed E-state index contributed by atoms with van der Waals surface area (Å²) in [6, 6.07) is 0. The van der Waals surface area contributed by atoms with Gasteiger partial charge < -0.3 is 5.32 Å². The number of hydrogen-bond donors (Lipinski definition) is 2. The van der Waals surface area contributed by atoms with E-state index in [-0.39, 0.29) is 11.5 Å². The molecular weight excluding hydrogens is 226 g/mol. The maximum absolute atomic E-state index is 10.7. The first-order valence-electron chi connectivity index (χ1n) is 4.93. The van der Waals surface area contributed by atoms with Crippen molar-refractivity contribution in [3.8, 4) is 0 Å². The van der Waals surface area contributed by atoms with Crippen molar-refractivity contribution in [1.82, 2.24) is 25.0 Å². The van der Waals surface area contributed by atoms with E-state index in [1.807, 2.05) is 0 Å². The van der Waals surface area contributed by atoms with Crippen LogP contribution in [0.4, 0.5) is 11.5 Å². The van der Waals surface area contributed by atoms with Crippen LogP contribution in [0.25, 0.3) is 0 Å². The Balaban J connectivity index is 1.96. The van der Waals surface area contributed by atoms with Crippen molar-refractivity contribution in [3.05, 3.63) is 28.5 Å². The molecule has 0 aliphatic heterocycles. The highest BCUT2D eigenvalue weighted by molar-refractivity contribution is 5.54. The molecule has 90 valence electrons. The van der Waals surface area contributed by atoms with Crippen LogP contribution in [0.15, 0.2) is 12.5 Å². The number of nitrogens with zero attached hydrogens (tertiary/aromatic N) is 5. The molecule has 2 heterocycles. The van der Waals surface area contributed by atoms with Crippen molar-refractivity contribution >= 4 is 11.5 Å². The Morgan fingerprint density at radius 2 is 2.47 bits per heavy atom. The average Bonchev–Trinajstić information content (AvgIpc) is 2.88. The Morgan fingerprint density at radius 3 is 3.12 bits per heavy atom. The van der Waals surface area contributed by atoms with Crippen LogP contribution in [-0.4, -0.2) is 36.4 Å². The van der Waals surface area contributed by atoms with Crippen LogP contribution < -0.4 is 5.32 Å². The largest absolute Gasteiger partial charge is 0.362 e. The smallest absolute Gasteiger partial charge is 0.330 e. The zero-order valence-corrected chi connectivity index (χ0v) is 9.12. The zero-order chi connectivity index (χ0) is 12.3. The maximum Gasteiger partial charge on any atom is 0.330 e. The van der Waals surface area contributed by atoms with Gasteiger partial charge in [0.15, 0.2) is 0 Å². The molecule has 9 nitrogen and oxygen atoms in total. The molecule has 0 radical (unpaired) electrons. The first kappa shape index (κ1) is 11.0. The van der Waals surface area contributed by atoms with Gasteiger partial charge in [-0.25, -0.2) is 4.98 Å². The van der Waals surface area contributed by atoms with Gasteiger partial charge >= 0.3 is 5.69 Å². The Labute approximate surface area is 96.0 Å². The van der Waals surface area contributed by atoms with Crippen molar-refractivity contribution in [2.45, 2.75) is 6.42 Å². The molecule has 0 fully saturated rings. The Kier molecular flexibility index (Phi) is 2.99. The molecule has 2 rings (SSSR count). The second-order valence-electron chi connectivity index (χ2n) is 3.40. The van der Waals surface area contributed by atoms with Gasteiger partial charge in [0.1, 0.15) is 18.3 Å². The number of aromatic amines is 1. The summed E-state index contributed by atoms with van der Waals surface area (Å²) in [5, 5.41) is 24.0. The van der Waals surface area contributed by atoms with E-state index in [2.05, 4.69) is 25.6 Å². The lowest BCUT2D eigenvalue weighted by Crippen LogP contribution is -2.08. The topological polar surface area (TPSA) is 115 Å². The molecule has 0 aliphatic rings. The summed E-state index contributed by atoms with van der Waals surface area (Å²) in [5.74, 6) is 0.980. The maximum atomic E-state index is 10.7. The summed E-state index contributed by atoms with van der Waals surface area (Å²) in [5.41, 5.74) is -0.0370. The number of anilines is 1. The van der Waals surface area contributed by atoms with E-state index in [0.717, 1.165) is 5.82 Å². The van der Waals surface area contributed by atoms with E-state index >= 15 is 0 Å². The van der Waals surface area contributed by atoms with Crippen LogP contribution in [0.5, 0.6) is 0 Å². The Morgan fingerprint density at radius 1 is 1.65 bits per heavy atom. The first-order chi connectivity index (χ1) is 8.16. The summed E-state index contributed by atoms with van der Waals surface area (Å²) in [4.78, 5) is 14.2. The molecule has 0 unspecified atom stereocenters. The van der Waals surface area contributed by atoms with Crippen LogP contribution in [0.2, 0.25) is 0 Å². The first-order valence-corrected chi connectivity index (χ1v) is 4.93. The molecule has 2 N–H and O–H groups in total. The van der Waals surface area contributed by atoms with Crippen LogP contribution in [0, 0.1) is 10.1 Å². The van der Waals surface area contributed by atoms with Crippen LogP contribution in [0.1, 0.15) is 5.82 Å². The lowest BCUT2D eigenvalue weighted by Gasteiger charge is -2.00. The van der Waals surface area contributed by atoms with Crippen molar-refractivity contribution in [2.75, 3.05) is 11.9 Å². The summed E-state index contributed by atoms with van der Waals surface area (Å²) in [6.07, 6.45) is 3.36. The highest BCUT2D eigenvalue weighted by Gasteiger charge is 2.17. The van der Waals surface area contributed by atoms with E-state index in [0.29, 0.717) is 13.0 Å². The van der Waals surface area contributed by atoms with E-state index in [1.54, 1.807) is 7.05 Å². The van der Waals surface area contributed by atoms with Gasteiger partial charge in [-0.15, -0.1) is 5.10 Å². The Hall–Kier alpha value is -2.45. The number of aromatic nitrogens is 5. The molecule has 17 heavy (non-hydrogen) atoms. The summed E-state index contributed by atoms with van der Waals surface area (Å²) >= 11 is 0. The summed E-state index contributed by atoms with van der Waals surface area (Å²) < 4.78 is 1.40. The standard InChI is InChI=1S/C8H11N7O2/c1-14-4-6(15(16)17)8(13-14)9-3-2-7-10-5-11-12-7/h4-5H,2-3H2,1H3,(H,9,13)(H,10,11,12). The second kappa shape index (κ2) is 4.60. The fraction of sp³-hybridized carbons (Fsp3) is 0.375. The molecule has 9 heteroatoms. The van der Waals surface area contributed by atoms with E-state index < -0.39 is 4.92 Å². The molecule has 0 aromatic carbocycles. The molecule has 0 aliphatic carbocycles. The molecule has 0 atom stereocenters. The predicted octanol–water partition coefficient (Wildman–Crippen LogP) is 0.101. The van der Waals surface area contributed by atoms with Crippen molar-refractivity contribution in [3.63, 3.8) is 0 Å². The number of nitrogens with one attached hydrogen (secondary N) is 2. The third-order valence-electron chi connectivity index (χ3n) is 2.13. The summed E-state index contributed by atoms with van der Waals surface area (Å²) in [6.45, 7) is 0.493. The number of nitro groups is 1. The third kappa shape index (κ3) is 2.56. The Bertz CT molecular complexity index is 504. The lowest BCUT2D eigenvalue weighted by molar-refractivity contribution is -0.384. The molecule has 0 bridgehead atoms. The highest BCUT2D eigenvalue weighted by Crippen LogP contribution is 2.20. The minimum absolute atomic E-state index is 0.0370. The predicted molar refractivity (Wildman–Crippen MR) is 58.4 cm³/mol. The molecular formula is C8H11N7O2. The molecule has 2 aromatic heterocycles. The van der Waals surface area contributed by atoms with E-state index in [1.165, 1.54) is 17.2 Å². The number of hydrogen-bond acceptors (Lipinski definition) is 6. The SMILES string of the molecule is Cn1cc([N+](=O)[O-])c(NCCc2ncn[nH]2)n1. The molecule has 0 spiro atoms. The van der Waals surface area contributed by atoms with Crippen LogP contribution in [-0.2, 0) is 13.5 Å². The van der Waals surface area contributed by atoms with Gasteiger partial charge in [-0.05, 0) is 0 Å². The quantitative estimate of drug-likeness (QED) is 0.563. The highest BCUT2D eigenvalue weighted by atomic mass is 16.6. The number of aryl methyl sites for hydroxylation is 1. The van der Waals surface area contributed by atoms with Gasteiger partial charge in [0, 0.05) is 20.0 Å². The van der Waals surface area contributed by atoms with Crippen LogP contribution in [0.3, 0.4) is 0 Å². The normalized spacial score (nSPS) is 10.4.